The number of nitrogens with one attached hydrogen (secondary N) is 2. The zero-order chi connectivity index (χ0) is 26.4. The van der Waals surface area contributed by atoms with Crippen molar-refractivity contribution < 1.29 is 27.5 Å². The van der Waals surface area contributed by atoms with E-state index in [1.165, 1.54) is 24.8 Å². The fraction of sp³-hybridized carbons (Fsp3) is 0.250. The normalized spacial score (nSPS) is 11.4. The number of amides is 2. The molecule has 192 valence electrons. The number of ether oxygens (including phenoxy) is 1. The third-order valence-electron chi connectivity index (χ3n) is 5.14. The van der Waals surface area contributed by atoms with E-state index in [0.29, 0.717) is 27.6 Å². The highest BCUT2D eigenvalue weighted by Crippen LogP contribution is 2.21. The maximum Gasteiger partial charge on any atom is 0.422 e. The molecule has 0 aliphatic rings. The number of pyridine rings is 3. The molecule has 0 aliphatic heterocycles. The van der Waals surface area contributed by atoms with E-state index in [4.69, 9.17) is 4.74 Å². The molecule has 0 fully saturated rings. The summed E-state index contributed by atoms with van der Waals surface area (Å²) < 4.78 is 43.5. The summed E-state index contributed by atoms with van der Waals surface area (Å²) in [6.45, 7) is 0.865. The Bertz CT molecular complexity index is 1410. The average molecular weight is 513 g/mol. The van der Waals surface area contributed by atoms with E-state index >= 15 is 0 Å². The van der Waals surface area contributed by atoms with E-state index in [-0.39, 0.29) is 37.1 Å². The molecular weight excluding hydrogens is 491 g/mol. The van der Waals surface area contributed by atoms with Gasteiger partial charge in [0.2, 0.25) is 5.88 Å². The Morgan fingerprint density at radius 1 is 1.03 bits per heavy atom. The van der Waals surface area contributed by atoms with Gasteiger partial charge >= 0.3 is 6.18 Å². The second-order valence-electron chi connectivity index (χ2n) is 8.04. The molecule has 4 heterocycles. The van der Waals surface area contributed by atoms with Crippen LogP contribution in [0.3, 0.4) is 0 Å². The molecule has 0 spiro atoms. The van der Waals surface area contributed by atoms with Gasteiger partial charge in [0.15, 0.2) is 6.61 Å². The van der Waals surface area contributed by atoms with E-state index < -0.39 is 18.7 Å². The summed E-state index contributed by atoms with van der Waals surface area (Å²) in [5.74, 6) is -0.790. The zero-order valence-corrected chi connectivity index (χ0v) is 19.6. The molecule has 0 bridgehead atoms. The quantitative estimate of drug-likeness (QED) is 0.330. The molecule has 37 heavy (non-hydrogen) atoms. The molecule has 10 nitrogen and oxygen atoms in total. The Kier molecular flexibility index (Phi) is 7.60. The number of nitrogens with zero attached hydrogens (tertiary/aromatic N) is 5. The van der Waals surface area contributed by atoms with E-state index in [1.807, 2.05) is 0 Å². The third-order valence-corrected chi connectivity index (χ3v) is 5.14. The molecule has 4 aromatic rings. The van der Waals surface area contributed by atoms with Gasteiger partial charge in [0.1, 0.15) is 5.69 Å². The maximum absolute atomic E-state index is 12.7. The van der Waals surface area contributed by atoms with Gasteiger partial charge < -0.3 is 15.4 Å². The minimum atomic E-state index is -4.45. The standard InChI is InChI=1S/C24H22F3N7O3/c1-15-10-16(11-32-23(15)37-14-24(25,26)27)12-34-13-18-19(33-34)4-7-29-20(18)22(36)31-9-8-30-21(35)17-2-5-28-6-3-17/h2-7,10-11,13H,8-9,12,14H2,1H3,(H,30,35)(H,31,36). The second kappa shape index (κ2) is 11.0. The van der Waals surface area contributed by atoms with Crippen LogP contribution in [0.25, 0.3) is 10.9 Å². The van der Waals surface area contributed by atoms with Gasteiger partial charge in [-0.15, -0.1) is 0 Å². The van der Waals surface area contributed by atoms with Crippen molar-refractivity contribution in [1.82, 2.24) is 35.4 Å². The summed E-state index contributed by atoms with van der Waals surface area (Å²) in [7, 11) is 0. The fourth-order valence-electron chi connectivity index (χ4n) is 3.49. The predicted octanol–water partition coefficient (Wildman–Crippen LogP) is 2.68. The first-order valence-corrected chi connectivity index (χ1v) is 11.1. The number of aryl methyl sites for hydroxylation is 1. The number of hydrogen-bond donors (Lipinski definition) is 2. The first-order chi connectivity index (χ1) is 17.7. The van der Waals surface area contributed by atoms with Crippen LogP contribution in [0.15, 0.2) is 55.2 Å². The molecular formula is C24H22F3N7O3. The predicted molar refractivity (Wildman–Crippen MR) is 126 cm³/mol. The van der Waals surface area contributed by atoms with E-state index in [0.717, 1.165) is 0 Å². The van der Waals surface area contributed by atoms with E-state index in [2.05, 4.69) is 30.7 Å². The summed E-state index contributed by atoms with van der Waals surface area (Å²) in [6, 6.07) is 6.50. The smallest absolute Gasteiger partial charge is 0.422 e. The van der Waals surface area contributed by atoms with Crippen LogP contribution < -0.4 is 15.4 Å². The molecule has 4 aromatic heterocycles. The molecule has 0 aromatic carbocycles. The molecule has 0 saturated heterocycles. The van der Waals surface area contributed by atoms with Crippen molar-refractivity contribution in [3.63, 3.8) is 0 Å². The Morgan fingerprint density at radius 2 is 1.76 bits per heavy atom. The lowest BCUT2D eigenvalue weighted by molar-refractivity contribution is -0.154. The van der Waals surface area contributed by atoms with Crippen LogP contribution in [-0.2, 0) is 6.54 Å². The molecule has 0 saturated carbocycles. The van der Waals surface area contributed by atoms with Gasteiger partial charge in [-0.3, -0.25) is 24.2 Å². The minimum Gasteiger partial charge on any atom is -0.468 e. The van der Waals surface area contributed by atoms with Crippen LogP contribution in [0.1, 0.15) is 32.0 Å². The van der Waals surface area contributed by atoms with Crippen molar-refractivity contribution in [2.45, 2.75) is 19.6 Å². The van der Waals surface area contributed by atoms with Crippen LogP contribution in [0.2, 0.25) is 0 Å². The van der Waals surface area contributed by atoms with Gasteiger partial charge in [0, 0.05) is 55.2 Å². The first kappa shape index (κ1) is 25.5. The number of carbonyl (C=O) groups excluding carboxylic acids is 2. The van der Waals surface area contributed by atoms with Crippen molar-refractivity contribution in [1.29, 1.82) is 0 Å². The molecule has 2 N–H and O–H groups in total. The summed E-state index contributed by atoms with van der Waals surface area (Å²) in [4.78, 5) is 36.8. The van der Waals surface area contributed by atoms with Gasteiger partial charge in [-0.25, -0.2) is 4.98 Å². The lowest BCUT2D eigenvalue weighted by atomic mass is 10.2. The molecule has 0 aliphatic carbocycles. The number of hydrogen-bond acceptors (Lipinski definition) is 7. The topological polar surface area (TPSA) is 124 Å². The van der Waals surface area contributed by atoms with Crippen molar-refractivity contribution >= 4 is 22.7 Å². The highest BCUT2D eigenvalue weighted by Gasteiger charge is 2.29. The number of aromatic nitrogens is 5. The van der Waals surface area contributed by atoms with E-state index in [1.54, 1.807) is 42.1 Å². The number of rotatable bonds is 9. The van der Waals surface area contributed by atoms with Crippen LogP contribution in [0.4, 0.5) is 13.2 Å². The summed E-state index contributed by atoms with van der Waals surface area (Å²) in [6.07, 6.45) is 3.13. The largest absolute Gasteiger partial charge is 0.468 e. The summed E-state index contributed by atoms with van der Waals surface area (Å²) >= 11 is 0. The first-order valence-electron chi connectivity index (χ1n) is 11.1. The Morgan fingerprint density at radius 3 is 2.46 bits per heavy atom. The van der Waals surface area contributed by atoms with Gasteiger partial charge in [-0.1, -0.05) is 0 Å². The van der Waals surface area contributed by atoms with E-state index in [9.17, 15) is 22.8 Å². The minimum absolute atomic E-state index is 0.0909. The van der Waals surface area contributed by atoms with Gasteiger partial charge in [0.25, 0.3) is 11.8 Å². The molecule has 13 heteroatoms. The lowest BCUT2D eigenvalue weighted by Gasteiger charge is -2.11. The van der Waals surface area contributed by atoms with Crippen LogP contribution in [-0.4, -0.2) is 62.4 Å². The molecule has 0 unspecified atom stereocenters. The van der Waals surface area contributed by atoms with Crippen LogP contribution >= 0.6 is 0 Å². The number of fused-ring (bicyclic) bond motifs is 1. The van der Waals surface area contributed by atoms with Crippen LogP contribution in [0.5, 0.6) is 5.88 Å². The number of alkyl halides is 3. The summed E-state index contributed by atoms with van der Waals surface area (Å²) in [5, 5.41) is 10.4. The Balaban J connectivity index is 1.37. The highest BCUT2D eigenvalue weighted by molar-refractivity contribution is 6.04. The van der Waals surface area contributed by atoms with Crippen LogP contribution in [0, 0.1) is 6.92 Å². The van der Waals surface area contributed by atoms with Gasteiger partial charge in [-0.2, -0.15) is 18.3 Å². The SMILES string of the molecule is Cc1cc(Cn2cc3c(C(=O)NCCNC(=O)c4ccncc4)nccc3n2)cnc1OCC(F)(F)F. The second-order valence-corrected chi connectivity index (χ2v) is 8.04. The Labute approximate surface area is 208 Å². The highest BCUT2D eigenvalue weighted by atomic mass is 19.4. The fourth-order valence-corrected chi connectivity index (χ4v) is 3.49. The van der Waals surface area contributed by atoms with Crippen molar-refractivity contribution in [3.8, 4) is 5.88 Å². The number of halogens is 3. The maximum atomic E-state index is 12.7. The monoisotopic (exact) mass is 513 g/mol. The lowest BCUT2D eigenvalue weighted by Crippen LogP contribution is -2.35. The van der Waals surface area contributed by atoms with Crippen molar-refractivity contribution in [2.24, 2.45) is 0 Å². The van der Waals surface area contributed by atoms with Gasteiger partial charge in [0.05, 0.1) is 17.4 Å². The molecule has 4 rings (SSSR count). The number of carbonyl (C=O) groups is 2. The molecule has 2 amide bonds. The molecule has 0 radical (unpaired) electrons. The Hall–Kier alpha value is -4.55. The molecule has 0 atom stereocenters. The third kappa shape index (κ3) is 6.78. The summed E-state index contributed by atoms with van der Waals surface area (Å²) in [5.41, 5.74) is 2.33. The average Bonchev–Trinajstić information content (AvgIpc) is 3.28. The van der Waals surface area contributed by atoms with Crippen molar-refractivity contribution in [2.75, 3.05) is 19.7 Å². The van der Waals surface area contributed by atoms with Gasteiger partial charge in [-0.05, 0) is 36.8 Å². The van der Waals surface area contributed by atoms with Crippen molar-refractivity contribution in [3.05, 3.63) is 77.6 Å². The zero-order valence-electron chi connectivity index (χ0n) is 19.6.